The second-order valence-electron chi connectivity index (χ2n) is 6.03. The van der Waals surface area contributed by atoms with E-state index in [-0.39, 0.29) is 18.5 Å². The Bertz CT molecular complexity index is 814. The molecule has 8 nitrogen and oxygen atoms in total. The summed E-state index contributed by atoms with van der Waals surface area (Å²) in [6.07, 6.45) is 8.35. The van der Waals surface area contributed by atoms with Crippen LogP contribution in [-0.4, -0.2) is 35.8 Å². The first-order valence-electron chi connectivity index (χ1n) is 8.16. The maximum atomic E-state index is 5.57. The van der Waals surface area contributed by atoms with E-state index in [0.717, 1.165) is 43.3 Å². The third-order valence-electron chi connectivity index (χ3n) is 4.32. The zero-order chi connectivity index (χ0) is 16.5. The molecule has 134 valence electrons. The van der Waals surface area contributed by atoms with Gasteiger partial charge >= 0.3 is 0 Å². The lowest BCUT2D eigenvalue weighted by Crippen LogP contribution is -2.04. The van der Waals surface area contributed by atoms with Crippen molar-refractivity contribution in [2.45, 2.75) is 38.8 Å². The molecule has 1 atom stereocenters. The van der Waals surface area contributed by atoms with Crippen LogP contribution in [0.3, 0.4) is 0 Å². The summed E-state index contributed by atoms with van der Waals surface area (Å²) >= 11 is 0. The molecule has 0 aliphatic carbocycles. The van der Waals surface area contributed by atoms with Gasteiger partial charge in [0.1, 0.15) is 17.6 Å². The summed E-state index contributed by atoms with van der Waals surface area (Å²) < 4.78 is 14.9. The Labute approximate surface area is 151 Å². The van der Waals surface area contributed by atoms with Gasteiger partial charge in [0.25, 0.3) is 5.89 Å². The first-order valence-corrected chi connectivity index (χ1v) is 8.16. The van der Waals surface area contributed by atoms with E-state index in [1.807, 2.05) is 30.9 Å². The zero-order valence-electron chi connectivity index (χ0n) is 14.3. The summed E-state index contributed by atoms with van der Waals surface area (Å²) in [6, 6.07) is 0. The second-order valence-corrected chi connectivity index (χ2v) is 6.03. The van der Waals surface area contributed by atoms with Crippen molar-refractivity contribution < 1.29 is 9.26 Å². The number of halogens is 1. The van der Waals surface area contributed by atoms with Gasteiger partial charge in [-0.3, -0.25) is 0 Å². The van der Waals surface area contributed by atoms with E-state index < -0.39 is 0 Å². The first kappa shape index (κ1) is 17.6. The Morgan fingerprint density at radius 3 is 2.92 bits per heavy atom. The Hall–Kier alpha value is -2.19. The van der Waals surface area contributed by atoms with E-state index in [4.69, 9.17) is 9.26 Å². The molecule has 25 heavy (non-hydrogen) atoms. The Morgan fingerprint density at radius 2 is 2.20 bits per heavy atom. The van der Waals surface area contributed by atoms with Gasteiger partial charge in [-0.1, -0.05) is 5.16 Å². The highest BCUT2D eigenvalue weighted by atomic mass is 35.5. The highest BCUT2D eigenvalue weighted by Gasteiger charge is 2.23. The standard InChI is InChI=1S/C16H20N6O2.ClH/c1-11-18-12(10-21(11)2)15-17-6-8-22(15)7-5-14-19-16(24-20-14)13-4-3-9-23-13;/h6,8,10,13H,3-5,7,9H2,1-2H3;1H. The summed E-state index contributed by atoms with van der Waals surface area (Å²) in [6.45, 7) is 3.46. The van der Waals surface area contributed by atoms with E-state index in [1.54, 1.807) is 6.20 Å². The van der Waals surface area contributed by atoms with Gasteiger partial charge < -0.3 is 18.4 Å². The highest BCUT2D eigenvalue weighted by molar-refractivity contribution is 5.85. The molecule has 4 rings (SSSR count). The van der Waals surface area contributed by atoms with Crippen LogP contribution in [0.1, 0.15) is 36.5 Å². The Morgan fingerprint density at radius 1 is 1.32 bits per heavy atom. The minimum Gasteiger partial charge on any atom is -0.368 e. The van der Waals surface area contributed by atoms with Gasteiger partial charge in [0.2, 0.25) is 0 Å². The molecule has 0 amide bonds. The molecule has 0 saturated carbocycles. The fraction of sp³-hybridized carbons (Fsp3) is 0.500. The molecule has 0 N–H and O–H groups in total. The average Bonchev–Trinajstić information content (AvgIpc) is 3.34. The van der Waals surface area contributed by atoms with Gasteiger partial charge in [0, 0.05) is 45.2 Å². The van der Waals surface area contributed by atoms with Crippen LogP contribution >= 0.6 is 12.4 Å². The molecular formula is C16H21ClN6O2. The molecule has 0 radical (unpaired) electrons. The molecule has 9 heteroatoms. The van der Waals surface area contributed by atoms with Crippen LogP contribution in [0.15, 0.2) is 23.1 Å². The summed E-state index contributed by atoms with van der Waals surface area (Å²) in [4.78, 5) is 13.4. The van der Waals surface area contributed by atoms with E-state index in [2.05, 4.69) is 24.7 Å². The van der Waals surface area contributed by atoms with Crippen LogP contribution in [0.25, 0.3) is 11.5 Å². The molecule has 1 unspecified atom stereocenters. The van der Waals surface area contributed by atoms with Crippen LogP contribution in [0.2, 0.25) is 0 Å². The SMILES string of the molecule is Cc1nc(-c2nccn2CCc2noc(C3CCCO3)n2)cn1C.Cl. The third kappa shape index (κ3) is 3.59. The van der Waals surface area contributed by atoms with Gasteiger partial charge in [-0.2, -0.15) is 4.98 Å². The number of ether oxygens (including phenoxy) is 1. The number of hydrogen-bond acceptors (Lipinski definition) is 6. The van der Waals surface area contributed by atoms with Crippen molar-refractivity contribution in [2.75, 3.05) is 6.61 Å². The molecule has 1 fully saturated rings. The maximum Gasteiger partial charge on any atom is 0.255 e. The molecule has 0 aromatic carbocycles. The Kier molecular flexibility index (Phi) is 5.19. The summed E-state index contributed by atoms with van der Waals surface area (Å²) in [5.41, 5.74) is 0.869. The predicted molar refractivity (Wildman–Crippen MR) is 92.3 cm³/mol. The smallest absolute Gasteiger partial charge is 0.255 e. The fourth-order valence-corrected chi connectivity index (χ4v) is 2.88. The number of aromatic nitrogens is 6. The summed E-state index contributed by atoms with van der Waals surface area (Å²) in [5.74, 6) is 3.09. The molecule has 3 aromatic rings. The topological polar surface area (TPSA) is 83.8 Å². The van der Waals surface area contributed by atoms with Crippen molar-refractivity contribution in [1.29, 1.82) is 0 Å². The quantitative estimate of drug-likeness (QED) is 0.691. The van der Waals surface area contributed by atoms with Crippen molar-refractivity contribution in [2.24, 2.45) is 7.05 Å². The fourth-order valence-electron chi connectivity index (χ4n) is 2.88. The monoisotopic (exact) mass is 364 g/mol. The lowest BCUT2D eigenvalue weighted by atomic mass is 10.2. The molecule has 4 heterocycles. The molecule has 0 spiro atoms. The molecule has 1 aliphatic rings. The van der Waals surface area contributed by atoms with Crippen molar-refractivity contribution in [3.63, 3.8) is 0 Å². The predicted octanol–water partition coefficient (Wildman–Crippen LogP) is 2.49. The number of rotatable bonds is 5. The molecule has 3 aromatic heterocycles. The average molecular weight is 365 g/mol. The Balaban J connectivity index is 0.00000182. The van der Waals surface area contributed by atoms with Gasteiger partial charge in [0.15, 0.2) is 11.6 Å². The minimum absolute atomic E-state index is 0. The van der Waals surface area contributed by atoms with Crippen molar-refractivity contribution >= 4 is 12.4 Å². The van der Waals surface area contributed by atoms with Crippen molar-refractivity contribution in [3.05, 3.63) is 36.1 Å². The number of nitrogens with zero attached hydrogens (tertiary/aromatic N) is 6. The summed E-state index contributed by atoms with van der Waals surface area (Å²) in [5, 5.41) is 4.06. The van der Waals surface area contributed by atoms with Gasteiger partial charge in [-0.05, 0) is 19.8 Å². The number of hydrogen-bond donors (Lipinski definition) is 0. The largest absolute Gasteiger partial charge is 0.368 e. The van der Waals surface area contributed by atoms with Gasteiger partial charge in [-0.15, -0.1) is 12.4 Å². The van der Waals surface area contributed by atoms with Gasteiger partial charge in [-0.25, -0.2) is 9.97 Å². The summed E-state index contributed by atoms with van der Waals surface area (Å²) in [7, 11) is 1.98. The van der Waals surface area contributed by atoms with Gasteiger partial charge in [0.05, 0.1) is 0 Å². The van der Waals surface area contributed by atoms with E-state index >= 15 is 0 Å². The van der Waals surface area contributed by atoms with Crippen LogP contribution in [0.5, 0.6) is 0 Å². The van der Waals surface area contributed by atoms with E-state index in [9.17, 15) is 0 Å². The van der Waals surface area contributed by atoms with Crippen molar-refractivity contribution in [3.8, 4) is 11.5 Å². The molecule has 1 saturated heterocycles. The lowest BCUT2D eigenvalue weighted by Gasteiger charge is -2.04. The molecule has 0 bridgehead atoms. The third-order valence-corrected chi connectivity index (χ3v) is 4.32. The lowest BCUT2D eigenvalue weighted by molar-refractivity contribution is 0.0835. The van der Waals surface area contributed by atoms with E-state index in [1.165, 1.54) is 0 Å². The number of imidazole rings is 2. The normalized spacial score (nSPS) is 17.0. The maximum absolute atomic E-state index is 5.57. The molecular weight excluding hydrogens is 344 g/mol. The van der Waals surface area contributed by atoms with Crippen LogP contribution in [0, 0.1) is 6.92 Å². The van der Waals surface area contributed by atoms with Crippen molar-refractivity contribution in [1.82, 2.24) is 29.2 Å². The van der Waals surface area contributed by atoms with E-state index in [0.29, 0.717) is 18.1 Å². The minimum atomic E-state index is -0.0356. The highest BCUT2D eigenvalue weighted by Crippen LogP contribution is 2.27. The van der Waals surface area contributed by atoms with Crippen LogP contribution in [0.4, 0.5) is 0 Å². The van der Waals surface area contributed by atoms with Crippen LogP contribution < -0.4 is 0 Å². The molecule has 1 aliphatic heterocycles. The first-order chi connectivity index (χ1) is 11.7. The number of aryl methyl sites for hydroxylation is 4. The zero-order valence-corrected chi connectivity index (χ0v) is 15.1. The van der Waals surface area contributed by atoms with Crippen LogP contribution in [-0.2, 0) is 24.8 Å². The second kappa shape index (κ2) is 7.37.